The van der Waals surface area contributed by atoms with Crippen LogP contribution in [0.3, 0.4) is 0 Å². The molecule has 0 unspecified atom stereocenters. The topological polar surface area (TPSA) is 49.6 Å². The highest BCUT2D eigenvalue weighted by atomic mass is 16.1. The first-order valence-corrected chi connectivity index (χ1v) is 9.71. The summed E-state index contributed by atoms with van der Waals surface area (Å²) in [5.74, 6) is 1.60. The summed E-state index contributed by atoms with van der Waals surface area (Å²) in [6.07, 6.45) is 6.32. The molecule has 1 saturated carbocycles. The lowest BCUT2D eigenvalue weighted by Gasteiger charge is -2.17. The summed E-state index contributed by atoms with van der Waals surface area (Å²) in [6, 6.07) is 8.39. The predicted octanol–water partition coefficient (Wildman–Crippen LogP) is 3.22. The van der Waals surface area contributed by atoms with Gasteiger partial charge in [0.05, 0.1) is 12.2 Å². The molecule has 3 aromatic heterocycles. The van der Waals surface area contributed by atoms with Gasteiger partial charge in [0.15, 0.2) is 0 Å². The summed E-state index contributed by atoms with van der Waals surface area (Å²) in [6.45, 7) is 6.90. The van der Waals surface area contributed by atoms with E-state index in [9.17, 15) is 4.79 Å². The fraction of sp³-hybridized carbons (Fsp3) is 0.364. The van der Waals surface area contributed by atoms with Crippen molar-refractivity contribution in [3.05, 3.63) is 63.7 Å². The van der Waals surface area contributed by atoms with Gasteiger partial charge in [0, 0.05) is 36.6 Å². The maximum Gasteiger partial charge on any atom is 0.258 e. The standard InChI is InChI=1S/C22H24N4O/c1-14-11-19(16-3-4-16)21-15(2)18(7-9-26(21)22(14)27)17-5-6-20(24-12-17)25-10-8-23-13-25/h5-7,9,11-12,16,23H,3-4,8,10,13H2,1-2H3. The van der Waals surface area contributed by atoms with E-state index in [2.05, 4.69) is 40.3 Å². The first-order valence-electron chi connectivity index (χ1n) is 9.71. The van der Waals surface area contributed by atoms with Crippen molar-refractivity contribution in [3.8, 4) is 11.1 Å². The van der Waals surface area contributed by atoms with Crippen LogP contribution in [0.4, 0.5) is 5.82 Å². The Kier molecular flexibility index (Phi) is 3.79. The fourth-order valence-corrected chi connectivity index (χ4v) is 4.19. The largest absolute Gasteiger partial charge is 0.343 e. The minimum atomic E-state index is 0.0825. The van der Waals surface area contributed by atoms with Crippen LogP contribution in [0.25, 0.3) is 16.6 Å². The summed E-state index contributed by atoms with van der Waals surface area (Å²) in [5.41, 5.74) is 6.72. The zero-order valence-corrected chi connectivity index (χ0v) is 15.8. The molecule has 3 aromatic rings. The molecule has 2 aliphatic rings. The molecule has 138 valence electrons. The number of aryl methyl sites for hydroxylation is 2. The summed E-state index contributed by atoms with van der Waals surface area (Å²) in [7, 11) is 0. The highest BCUT2D eigenvalue weighted by molar-refractivity contribution is 5.77. The molecule has 5 heteroatoms. The first kappa shape index (κ1) is 16.5. The minimum Gasteiger partial charge on any atom is -0.343 e. The van der Waals surface area contributed by atoms with Crippen molar-refractivity contribution in [2.24, 2.45) is 0 Å². The van der Waals surface area contributed by atoms with E-state index < -0.39 is 0 Å². The van der Waals surface area contributed by atoms with Crippen LogP contribution in [0.5, 0.6) is 0 Å². The van der Waals surface area contributed by atoms with Crippen molar-refractivity contribution < 1.29 is 0 Å². The summed E-state index contributed by atoms with van der Waals surface area (Å²) < 4.78 is 1.83. The minimum absolute atomic E-state index is 0.0825. The van der Waals surface area contributed by atoms with Gasteiger partial charge in [0.25, 0.3) is 5.56 Å². The smallest absolute Gasteiger partial charge is 0.258 e. The lowest BCUT2D eigenvalue weighted by molar-refractivity contribution is 0.849. The molecule has 0 bridgehead atoms. The van der Waals surface area contributed by atoms with Crippen molar-refractivity contribution in [1.82, 2.24) is 14.7 Å². The molecule has 1 N–H and O–H groups in total. The summed E-state index contributed by atoms with van der Waals surface area (Å²) in [5, 5.41) is 3.33. The Hall–Kier alpha value is -2.66. The third-order valence-electron chi connectivity index (χ3n) is 5.85. The summed E-state index contributed by atoms with van der Waals surface area (Å²) >= 11 is 0. The number of anilines is 1. The highest BCUT2D eigenvalue weighted by Gasteiger charge is 2.27. The van der Waals surface area contributed by atoms with Gasteiger partial charge < -0.3 is 4.90 Å². The van der Waals surface area contributed by atoms with Crippen LogP contribution < -0.4 is 15.8 Å². The zero-order chi connectivity index (χ0) is 18.5. The number of fused-ring (bicyclic) bond motifs is 1. The summed E-state index contributed by atoms with van der Waals surface area (Å²) in [4.78, 5) is 19.6. The third-order valence-corrected chi connectivity index (χ3v) is 5.85. The van der Waals surface area contributed by atoms with Gasteiger partial charge in [-0.2, -0.15) is 0 Å². The van der Waals surface area contributed by atoms with Gasteiger partial charge in [-0.15, -0.1) is 0 Å². The van der Waals surface area contributed by atoms with Crippen LogP contribution in [0.1, 0.15) is 35.4 Å². The Morgan fingerprint density at radius 2 is 2.04 bits per heavy atom. The molecule has 5 rings (SSSR count). The maximum atomic E-state index is 12.7. The van der Waals surface area contributed by atoms with Crippen molar-refractivity contribution in [3.63, 3.8) is 0 Å². The van der Waals surface area contributed by atoms with Crippen LogP contribution in [0, 0.1) is 13.8 Å². The zero-order valence-electron chi connectivity index (χ0n) is 15.8. The lowest BCUT2D eigenvalue weighted by atomic mass is 9.97. The molecule has 5 nitrogen and oxygen atoms in total. The number of nitrogens with one attached hydrogen (secondary N) is 1. The second-order valence-electron chi connectivity index (χ2n) is 7.76. The molecule has 0 radical (unpaired) electrons. The number of nitrogens with zero attached hydrogens (tertiary/aromatic N) is 3. The average Bonchev–Trinajstić information content (AvgIpc) is 3.38. The number of aromatic nitrogens is 2. The number of hydrogen-bond acceptors (Lipinski definition) is 4. The Labute approximate surface area is 158 Å². The Morgan fingerprint density at radius 3 is 2.70 bits per heavy atom. The van der Waals surface area contributed by atoms with Gasteiger partial charge in [0.2, 0.25) is 0 Å². The van der Waals surface area contributed by atoms with E-state index in [1.807, 2.05) is 29.8 Å². The number of pyridine rings is 3. The van der Waals surface area contributed by atoms with Crippen LogP contribution in [0.15, 0.2) is 41.5 Å². The Morgan fingerprint density at radius 1 is 1.19 bits per heavy atom. The van der Waals surface area contributed by atoms with Gasteiger partial charge in [-0.1, -0.05) is 0 Å². The second-order valence-corrected chi connectivity index (χ2v) is 7.76. The molecule has 4 heterocycles. The van der Waals surface area contributed by atoms with Crippen LogP contribution in [-0.4, -0.2) is 29.1 Å². The quantitative estimate of drug-likeness (QED) is 0.779. The molecule has 0 aromatic carbocycles. The monoisotopic (exact) mass is 360 g/mol. The van der Waals surface area contributed by atoms with Gasteiger partial charge >= 0.3 is 0 Å². The van der Waals surface area contributed by atoms with Crippen molar-refractivity contribution in [1.29, 1.82) is 0 Å². The lowest BCUT2D eigenvalue weighted by Crippen LogP contribution is -2.21. The van der Waals surface area contributed by atoms with Crippen molar-refractivity contribution in [2.75, 3.05) is 24.7 Å². The van der Waals surface area contributed by atoms with Gasteiger partial charge in [0.1, 0.15) is 5.82 Å². The molecule has 1 aliphatic carbocycles. The normalized spacial score (nSPS) is 17.0. The van der Waals surface area contributed by atoms with Gasteiger partial charge in [-0.05, 0) is 73.6 Å². The molecule has 1 saturated heterocycles. The maximum absolute atomic E-state index is 12.7. The molecular weight excluding hydrogens is 336 g/mol. The molecule has 27 heavy (non-hydrogen) atoms. The fourth-order valence-electron chi connectivity index (χ4n) is 4.19. The average molecular weight is 360 g/mol. The molecule has 2 fully saturated rings. The van der Waals surface area contributed by atoms with E-state index in [0.717, 1.165) is 53.3 Å². The Balaban J connectivity index is 1.63. The molecule has 1 aliphatic heterocycles. The second kappa shape index (κ2) is 6.20. The third kappa shape index (κ3) is 2.73. The number of rotatable bonds is 3. The van der Waals surface area contributed by atoms with E-state index in [1.165, 1.54) is 18.4 Å². The van der Waals surface area contributed by atoms with Crippen LogP contribution >= 0.6 is 0 Å². The van der Waals surface area contributed by atoms with Gasteiger partial charge in [-0.25, -0.2) is 4.98 Å². The van der Waals surface area contributed by atoms with E-state index >= 15 is 0 Å². The van der Waals surface area contributed by atoms with E-state index in [0.29, 0.717) is 5.92 Å². The van der Waals surface area contributed by atoms with E-state index in [1.54, 1.807) is 0 Å². The van der Waals surface area contributed by atoms with Crippen LogP contribution in [0.2, 0.25) is 0 Å². The van der Waals surface area contributed by atoms with Crippen molar-refractivity contribution >= 4 is 11.3 Å². The molecule has 0 spiro atoms. The van der Waals surface area contributed by atoms with E-state index in [-0.39, 0.29) is 5.56 Å². The first-order chi connectivity index (χ1) is 13.1. The predicted molar refractivity (Wildman–Crippen MR) is 109 cm³/mol. The van der Waals surface area contributed by atoms with Gasteiger partial charge in [-0.3, -0.25) is 14.5 Å². The number of hydrogen-bond donors (Lipinski definition) is 1. The molecule has 0 amide bonds. The highest BCUT2D eigenvalue weighted by Crippen LogP contribution is 2.43. The molecular formula is C22H24N4O. The SMILES string of the molecule is Cc1cc(C2CC2)c2c(C)c(-c3ccc(N4CCNC4)nc3)ccn2c1=O. The molecule has 0 atom stereocenters. The van der Waals surface area contributed by atoms with Crippen molar-refractivity contribution in [2.45, 2.75) is 32.6 Å². The van der Waals surface area contributed by atoms with Crippen LogP contribution in [-0.2, 0) is 0 Å². The van der Waals surface area contributed by atoms with E-state index in [4.69, 9.17) is 0 Å². The Bertz CT molecular complexity index is 1070.